The largest absolute Gasteiger partial charge is 0.516 e. The fourth-order valence-electron chi connectivity index (χ4n) is 1.68. The van der Waals surface area contributed by atoms with Gasteiger partial charge in [0.2, 0.25) is 0 Å². The molecule has 6 heteroatoms. The number of rotatable bonds is 3. The summed E-state index contributed by atoms with van der Waals surface area (Å²) in [6, 6.07) is 0. The van der Waals surface area contributed by atoms with Crippen molar-refractivity contribution in [2.75, 3.05) is 6.61 Å². The third-order valence-electron chi connectivity index (χ3n) is 2.43. The average Bonchev–Trinajstić information content (AvgIpc) is 2.54. The number of nitrogens with one attached hydrogen (secondary N) is 1. The summed E-state index contributed by atoms with van der Waals surface area (Å²) in [5, 5.41) is 0. The molecule has 0 aliphatic rings. The van der Waals surface area contributed by atoms with Gasteiger partial charge in [0, 0.05) is 12.6 Å². The molecule has 0 aromatic carbocycles. The van der Waals surface area contributed by atoms with Crippen LogP contribution in [0, 0.1) is 13.8 Å². The topological polar surface area (TPSA) is 85.5 Å². The van der Waals surface area contributed by atoms with Crippen LogP contribution in [0.3, 0.4) is 0 Å². The van der Waals surface area contributed by atoms with E-state index in [1.54, 1.807) is 20.8 Å². The number of esters is 1. The lowest BCUT2D eigenvalue weighted by molar-refractivity contribution is 0.0400. The molecule has 0 radical (unpaired) electrons. The molecular weight excluding hydrogens is 238 g/mol. The van der Waals surface area contributed by atoms with Crippen LogP contribution in [0.15, 0.2) is 0 Å². The molecule has 1 aromatic heterocycles. The minimum Gasteiger partial charge on any atom is -0.434 e. The summed E-state index contributed by atoms with van der Waals surface area (Å²) >= 11 is 0. The number of H-pyrrole nitrogens is 1. The summed E-state index contributed by atoms with van der Waals surface area (Å²) in [4.78, 5) is 36.9. The standard InChI is InChI=1S/C12H15NO5/c1-5-17-12(16)18-11(15)9-6(2)10(8(4)14)13-7(9)3/h13H,5H2,1-4H3. The number of hydrogen-bond acceptors (Lipinski definition) is 5. The van der Waals surface area contributed by atoms with Crippen molar-refractivity contribution in [1.82, 2.24) is 4.98 Å². The molecule has 98 valence electrons. The quantitative estimate of drug-likeness (QED) is 0.506. The Kier molecular flexibility index (Phi) is 4.25. The van der Waals surface area contributed by atoms with Gasteiger partial charge in [0.15, 0.2) is 5.78 Å². The third kappa shape index (κ3) is 2.77. The maximum Gasteiger partial charge on any atom is 0.516 e. The highest BCUT2D eigenvalue weighted by atomic mass is 16.7. The summed E-state index contributed by atoms with van der Waals surface area (Å²) in [7, 11) is 0. The van der Waals surface area contributed by atoms with Crippen LogP contribution in [-0.4, -0.2) is 29.5 Å². The van der Waals surface area contributed by atoms with Gasteiger partial charge in [-0.05, 0) is 26.3 Å². The van der Waals surface area contributed by atoms with E-state index in [1.807, 2.05) is 0 Å². The molecule has 0 bridgehead atoms. The second-order valence-corrected chi connectivity index (χ2v) is 3.75. The van der Waals surface area contributed by atoms with Gasteiger partial charge >= 0.3 is 12.1 Å². The second-order valence-electron chi connectivity index (χ2n) is 3.75. The fourth-order valence-corrected chi connectivity index (χ4v) is 1.68. The van der Waals surface area contributed by atoms with Gasteiger partial charge in [-0.3, -0.25) is 4.79 Å². The maximum absolute atomic E-state index is 11.8. The van der Waals surface area contributed by atoms with Crippen LogP contribution in [0.4, 0.5) is 4.79 Å². The van der Waals surface area contributed by atoms with Gasteiger partial charge in [-0.25, -0.2) is 9.59 Å². The zero-order chi connectivity index (χ0) is 13.9. The zero-order valence-electron chi connectivity index (χ0n) is 10.7. The minimum atomic E-state index is -1.05. The van der Waals surface area contributed by atoms with Crippen LogP contribution >= 0.6 is 0 Å². The number of aromatic nitrogens is 1. The zero-order valence-corrected chi connectivity index (χ0v) is 10.7. The molecule has 0 fully saturated rings. The van der Waals surface area contributed by atoms with Crippen LogP contribution in [0.2, 0.25) is 0 Å². The number of carbonyl (C=O) groups excluding carboxylic acids is 3. The van der Waals surface area contributed by atoms with Crippen molar-refractivity contribution < 1.29 is 23.9 Å². The van der Waals surface area contributed by atoms with Crippen molar-refractivity contribution in [2.45, 2.75) is 27.7 Å². The molecule has 1 N–H and O–H groups in total. The van der Waals surface area contributed by atoms with E-state index in [9.17, 15) is 14.4 Å². The molecule has 6 nitrogen and oxygen atoms in total. The van der Waals surface area contributed by atoms with E-state index in [0.29, 0.717) is 17.0 Å². The fraction of sp³-hybridized carbons (Fsp3) is 0.417. The lowest BCUT2D eigenvalue weighted by Crippen LogP contribution is -2.15. The summed E-state index contributed by atoms with van der Waals surface area (Å²) < 4.78 is 9.01. The molecule has 1 aromatic rings. The molecule has 18 heavy (non-hydrogen) atoms. The molecule has 0 spiro atoms. The summed E-state index contributed by atoms with van der Waals surface area (Å²) in [6.45, 7) is 6.35. The van der Waals surface area contributed by atoms with E-state index >= 15 is 0 Å². The Morgan fingerprint density at radius 2 is 1.83 bits per heavy atom. The predicted octanol–water partition coefficient (Wildman–Crippen LogP) is 2.15. The number of ketones is 1. The molecule has 0 atom stereocenters. The van der Waals surface area contributed by atoms with Gasteiger partial charge in [-0.1, -0.05) is 0 Å². The van der Waals surface area contributed by atoms with E-state index in [4.69, 9.17) is 0 Å². The van der Waals surface area contributed by atoms with Crippen LogP contribution in [0.1, 0.15) is 46.0 Å². The number of ether oxygens (including phenoxy) is 2. The first-order chi connectivity index (χ1) is 8.38. The molecule has 0 aliphatic heterocycles. The van der Waals surface area contributed by atoms with Crippen LogP contribution < -0.4 is 0 Å². The van der Waals surface area contributed by atoms with Gasteiger partial charge in [-0.2, -0.15) is 0 Å². The Labute approximate surface area is 104 Å². The predicted molar refractivity (Wildman–Crippen MR) is 62.7 cm³/mol. The molecular formula is C12H15NO5. The number of hydrogen-bond donors (Lipinski definition) is 1. The Hall–Kier alpha value is -2.11. The van der Waals surface area contributed by atoms with Crippen LogP contribution in [0.25, 0.3) is 0 Å². The SMILES string of the molecule is CCOC(=O)OC(=O)c1c(C)[nH]c(C(C)=O)c1C. The first kappa shape index (κ1) is 14.0. The van der Waals surface area contributed by atoms with Crippen molar-refractivity contribution >= 4 is 17.9 Å². The van der Waals surface area contributed by atoms with Crippen molar-refractivity contribution in [3.05, 3.63) is 22.5 Å². The van der Waals surface area contributed by atoms with E-state index in [1.165, 1.54) is 6.92 Å². The summed E-state index contributed by atoms with van der Waals surface area (Å²) in [6.07, 6.45) is -1.05. The van der Waals surface area contributed by atoms with Crippen molar-refractivity contribution in [2.24, 2.45) is 0 Å². The first-order valence-corrected chi connectivity index (χ1v) is 5.47. The highest BCUT2D eigenvalue weighted by Crippen LogP contribution is 2.19. The Morgan fingerprint density at radius 1 is 1.22 bits per heavy atom. The van der Waals surface area contributed by atoms with Gasteiger partial charge in [-0.15, -0.1) is 0 Å². The van der Waals surface area contributed by atoms with E-state index < -0.39 is 12.1 Å². The average molecular weight is 253 g/mol. The number of Topliss-reactive ketones (excluding diaryl/α,β-unsaturated/α-hetero) is 1. The Bertz CT molecular complexity index is 501. The van der Waals surface area contributed by atoms with Gasteiger partial charge < -0.3 is 14.5 Å². The van der Waals surface area contributed by atoms with Gasteiger partial charge in [0.1, 0.15) is 0 Å². The summed E-state index contributed by atoms with van der Waals surface area (Å²) in [5.41, 5.74) is 1.47. The lowest BCUT2D eigenvalue weighted by atomic mass is 10.1. The van der Waals surface area contributed by atoms with Crippen molar-refractivity contribution in [1.29, 1.82) is 0 Å². The van der Waals surface area contributed by atoms with Crippen LogP contribution in [0.5, 0.6) is 0 Å². The molecule has 0 aliphatic carbocycles. The number of carbonyl (C=O) groups is 3. The van der Waals surface area contributed by atoms with Gasteiger partial charge in [0.05, 0.1) is 17.9 Å². The normalized spacial score (nSPS) is 10.0. The third-order valence-corrected chi connectivity index (χ3v) is 2.43. The van der Waals surface area contributed by atoms with E-state index in [0.717, 1.165) is 0 Å². The number of aryl methyl sites for hydroxylation is 1. The van der Waals surface area contributed by atoms with Crippen LogP contribution in [-0.2, 0) is 9.47 Å². The number of aromatic amines is 1. The van der Waals surface area contributed by atoms with E-state index in [2.05, 4.69) is 14.5 Å². The second kappa shape index (κ2) is 5.48. The molecule has 0 unspecified atom stereocenters. The molecule has 0 amide bonds. The molecule has 0 saturated carbocycles. The monoisotopic (exact) mass is 253 g/mol. The smallest absolute Gasteiger partial charge is 0.434 e. The Morgan fingerprint density at radius 3 is 2.28 bits per heavy atom. The first-order valence-electron chi connectivity index (χ1n) is 5.47. The molecule has 1 heterocycles. The van der Waals surface area contributed by atoms with E-state index in [-0.39, 0.29) is 18.0 Å². The highest BCUT2D eigenvalue weighted by molar-refractivity contribution is 6.02. The summed E-state index contributed by atoms with van der Waals surface area (Å²) in [5.74, 6) is -1.02. The van der Waals surface area contributed by atoms with Crippen molar-refractivity contribution in [3.63, 3.8) is 0 Å². The van der Waals surface area contributed by atoms with Gasteiger partial charge in [0.25, 0.3) is 0 Å². The minimum absolute atomic E-state index is 0.121. The molecule has 0 saturated heterocycles. The molecule has 1 rings (SSSR count). The Balaban J connectivity index is 3.00. The maximum atomic E-state index is 11.8. The highest BCUT2D eigenvalue weighted by Gasteiger charge is 2.23. The lowest BCUT2D eigenvalue weighted by Gasteiger charge is -2.03. The van der Waals surface area contributed by atoms with Crippen molar-refractivity contribution in [3.8, 4) is 0 Å².